The Morgan fingerprint density at radius 2 is 1.90 bits per heavy atom. The molecule has 1 aromatic carbocycles. The lowest BCUT2D eigenvalue weighted by atomic mass is 10.1. The van der Waals surface area contributed by atoms with Crippen LogP contribution in [0.1, 0.15) is 41.6 Å². The van der Waals surface area contributed by atoms with Gasteiger partial charge in [-0.3, -0.25) is 4.79 Å². The second kappa shape index (κ2) is 9.56. The smallest absolute Gasteiger partial charge is 0.349 e. The molecule has 0 aliphatic rings. The predicted molar refractivity (Wildman–Crippen MR) is 111 cm³/mol. The van der Waals surface area contributed by atoms with Crippen LogP contribution in [0.5, 0.6) is 5.75 Å². The lowest BCUT2D eigenvalue weighted by Crippen LogP contribution is -2.31. The van der Waals surface area contributed by atoms with Crippen LogP contribution in [0.25, 0.3) is 10.4 Å². The van der Waals surface area contributed by atoms with E-state index in [1.807, 2.05) is 38.1 Å². The molecular formula is C21H25NO6S. The Morgan fingerprint density at radius 1 is 1.21 bits per heavy atom. The van der Waals surface area contributed by atoms with Gasteiger partial charge in [-0.25, -0.2) is 9.59 Å². The summed E-state index contributed by atoms with van der Waals surface area (Å²) in [7, 11) is 0. The predicted octanol–water partition coefficient (Wildman–Crippen LogP) is 3.89. The molecule has 0 saturated carbocycles. The minimum Gasteiger partial charge on any atom is -0.480 e. The first-order valence-corrected chi connectivity index (χ1v) is 9.97. The number of carbonyl (C=O) groups excluding carboxylic acids is 1. The number of thiophene rings is 1. The topological polar surface area (TPSA) is 104 Å². The van der Waals surface area contributed by atoms with Crippen molar-refractivity contribution in [3.8, 4) is 16.2 Å². The van der Waals surface area contributed by atoms with Gasteiger partial charge in [0.15, 0.2) is 11.5 Å². The number of carboxylic acid groups (broad SMARTS) is 2. The molecule has 2 aromatic rings. The fraction of sp³-hybridized carbons (Fsp3) is 0.381. The lowest BCUT2D eigenvalue weighted by Gasteiger charge is -2.23. The zero-order valence-electron chi connectivity index (χ0n) is 16.9. The highest BCUT2D eigenvalue weighted by molar-refractivity contribution is 7.18. The molecule has 0 saturated heterocycles. The summed E-state index contributed by atoms with van der Waals surface area (Å²) in [4.78, 5) is 36.8. The lowest BCUT2D eigenvalue weighted by molar-refractivity contribution is -0.139. The number of carboxylic acids is 2. The Kier molecular flexibility index (Phi) is 7.39. The number of hydrogen-bond donors (Lipinski definition) is 2. The summed E-state index contributed by atoms with van der Waals surface area (Å²) in [6.07, 6.45) is 0. The van der Waals surface area contributed by atoms with E-state index in [1.165, 1.54) is 0 Å². The highest BCUT2D eigenvalue weighted by Gasteiger charge is 2.23. The van der Waals surface area contributed by atoms with Crippen LogP contribution in [0, 0.1) is 12.8 Å². The molecular weight excluding hydrogens is 394 g/mol. The number of ether oxygens (including phenoxy) is 1. The van der Waals surface area contributed by atoms with Crippen LogP contribution in [-0.2, 0) is 16.1 Å². The third-order valence-electron chi connectivity index (χ3n) is 4.22. The highest BCUT2D eigenvalue weighted by atomic mass is 32.1. The van der Waals surface area contributed by atoms with E-state index in [2.05, 4.69) is 0 Å². The third kappa shape index (κ3) is 5.80. The monoisotopic (exact) mass is 419 g/mol. The van der Waals surface area contributed by atoms with Gasteiger partial charge in [-0.05, 0) is 30.0 Å². The summed E-state index contributed by atoms with van der Waals surface area (Å²) in [6.45, 7) is 7.85. The number of amides is 1. The SMILES string of the molecule is CC(=O)N(Cc1cccc(-c2sc(C(=O)O)c(OCC(=O)O)c2C)c1)CC(C)C. The number of rotatable bonds is 9. The van der Waals surface area contributed by atoms with Crippen molar-refractivity contribution >= 4 is 29.2 Å². The van der Waals surface area contributed by atoms with E-state index in [1.54, 1.807) is 18.7 Å². The molecule has 0 atom stereocenters. The molecule has 0 unspecified atom stereocenters. The van der Waals surface area contributed by atoms with Gasteiger partial charge in [0.25, 0.3) is 0 Å². The molecule has 2 N–H and O–H groups in total. The van der Waals surface area contributed by atoms with E-state index < -0.39 is 18.5 Å². The minimum absolute atomic E-state index is 0.00562. The summed E-state index contributed by atoms with van der Waals surface area (Å²) in [5.41, 5.74) is 2.30. The maximum absolute atomic E-state index is 11.9. The first-order chi connectivity index (χ1) is 13.6. The highest BCUT2D eigenvalue weighted by Crippen LogP contribution is 2.41. The van der Waals surface area contributed by atoms with Crippen LogP contribution < -0.4 is 4.74 Å². The van der Waals surface area contributed by atoms with Gasteiger partial charge in [-0.15, -0.1) is 11.3 Å². The van der Waals surface area contributed by atoms with Gasteiger partial charge in [0.1, 0.15) is 5.75 Å². The van der Waals surface area contributed by atoms with E-state index in [-0.39, 0.29) is 16.5 Å². The van der Waals surface area contributed by atoms with Crippen molar-refractivity contribution in [3.63, 3.8) is 0 Å². The molecule has 0 spiro atoms. The standard InChI is InChI=1S/C21H25NO6S/c1-12(2)9-22(14(4)23)10-15-6-5-7-16(8-15)19-13(3)18(28-11-17(24)25)20(29-19)21(26)27/h5-8,12H,9-11H2,1-4H3,(H,24,25)(H,26,27). The van der Waals surface area contributed by atoms with Crippen molar-refractivity contribution in [3.05, 3.63) is 40.3 Å². The summed E-state index contributed by atoms with van der Waals surface area (Å²) in [5, 5.41) is 18.3. The Bertz CT molecular complexity index is 918. The van der Waals surface area contributed by atoms with E-state index in [0.717, 1.165) is 22.5 Å². The molecule has 7 nitrogen and oxygen atoms in total. The number of hydrogen-bond acceptors (Lipinski definition) is 5. The van der Waals surface area contributed by atoms with Gasteiger partial charge < -0.3 is 19.8 Å². The summed E-state index contributed by atoms with van der Waals surface area (Å²) in [5.74, 6) is -1.93. The number of aliphatic carboxylic acids is 1. The Hall–Kier alpha value is -2.87. The zero-order chi connectivity index (χ0) is 21.7. The number of benzene rings is 1. The zero-order valence-corrected chi connectivity index (χ0v) is 17.7. The van der Waals surface area contributed by atoms with E-state index in [0.29, 0.717) is 29.4 Å². The molecule has 29 heavy (non-hydrogen) atoms. The van der Waals surface area contributed by atoms with Gasteiger partial charge in [0, 0.05) is 30.5 Å². The van der Waals surface area contributed by atoms with Gasteiger partial charge in [0.2, 0.25) is 5.91 Å². The molecule has 0 fully saturated rings. The summed E-state index contributed by atoms with van der Waals surface area (Å²) in [6, 6.07) is 7.55. The van der Waals surface area contributed by atoms with Crippen LogP contribution in [0.4, 0.5) is 0 Å². The molecule has 2 rings (SSSR count). The van der Waals surface area contributed by atoms with Crippen molar-refractivity contribution in [2.75, 3.05) is 13.2 Å². The van der Waals surface area contributed by atoms with Crippen LogP contribution in [0.15, 0.2) is 24.3 Å². The Labute approximate surface area is 173 Å². The molecule has 156 valence electrons. The Morgan fingerprint density at radius 3 is 2.45 bits per heavy atom. The number of aromatic carboxylic acids is 1. The first-order valence-electron chi connectivity index (χ1n) is 9.16. The van der Waals surface area contributed by atoms with E-state index in [9.17, 15) is 19.5 Å². The molecule has 0 radical (unpaired) electrons. The Balaban J connectivity index is 2.39. The van der Waals surface area contributed by atoms with Crippen molar-refractivity contribution in [2.24, 2.45) is 5.92 Å². The van der Waals surface area contributed by atoms with Crippen LogP contribution in [-0.4, -0.2) is 46.1 Å². The summed E-state index contributed by atoms with van der Waals surface area (Å²) >= 11 is 1.05. The van der Waals surface area contributed by atoms with E-state index >= 15 is 0 Å². The van der Waals surface area contributed by atoms with E-state index in [4.69, 9.17) is 9.84 Å². The van der Waals surface area contributed by atoms with Crippen molar-refractivity contribution < 1.29 is 29.3 Å². The molecule has 1 heterocycles. The summed E-state index contributed by atoms with van der Waals surface area (Å²) < 4.78 is 5.24. The molecule has 8 heteroatoms. The van der Waals surface area contributed by atoms with Gasteiger partial charge in [-0.2, -0.15) is 0 Å². The van der Waals surface area contributed by atoms with Crippen LogP contribution >= 0.6 is 11.3 Å². The fourth-order valence-electron chi connectivity index (χ4n) is 3.00. The maximum Gasteiger partial charge on any atom is 0.349 e. The molecule has 0 bridgehead atoms. The second-order valence-electron chi connectivity index (χ2n) is 7.20. The number of carbonyl (C=O) groups is 3. The second-order valence-corrected chi connectivity index (χ2v) is 8.22. The molecule has 1 aromatic heterocycles. The minimum atomic E-state index is -1.18. The normalized spacial score (nSPS) is 10.8. The average molecular weight is 419 g/mol. The molecule has 0 aliphatic heterocycles. The molecule has 0 aliphatic carbocycles. The number of nitrogens with zero attached hydrogens (tertiary/aromatic N) is 1. The maximum atomic E-state index is 11.9. The first kappa shape index (κ1) is 22.4. The van der Waals surface area contributed by atoms with Crippen molar-refractivity contribution in [1.82, 2.24) is 4.90 Å². The average Bonchev–Trinajstić information content (AvgIpc) is 2.96. The van der Waals surface area contributed by atoms with Crippen LogP contribution in [0.3, 0.4) is 0 Å². The fourth-order valence-corrected chi connectivity index (χ4v) is 4.09. The van der Waals surface area contributed by atoms with Crippen molar-refractivity contribution in [1.29, 1.82) is 0 Å². The van der Waals surface area contributed by atoms with Gasteiger partial charge in [0.05, 0.1) is 0 Å². The molecule has 1 amide bonds. The van der Waals surface area contributed by atoms with Gasteiger partial charge in [-0.1, -0.05) is 32.0 Å². The van der Waals surface area contributed by atoms with Crippen LogP contribution in [0.2, 0.25) is 0 Å². The quantitative estimate of drug-likeness (QED) is 0.639. The van der Waals surface area contributed by atoms with Crippen molar-refractivity contribution in [2.45, 2.75) is 34.2 Å². The van der Waals surface area contributed by atoms with Gasteiger partial charge >= 0.3 is 11.9 Å². The largest absolute Gasteiger partial charge is 0.480 e. The third-order valence-corrected chi connectivity index (χ3v) is 5.53.